The highest BCUT2D eigenvalue weighted by Crippen LogP contribution is 2.22. The van der Waals surface area contributed by atoms with Crippen LogP contribution in [0.2, 0.25) is 5.02 Å². The Morgan fingerprint density at radius 2 is 1.88 bits per heavy atom. The Bertz CT molecular complexity index is 914. The average molecular weight is 473 g/mol. The molecule has 1 fully saturated rings. The van der Waals surface area contributed by atoms with E-state index in [0.717, 1.165) is 37.0 Å². The highest BCUT2D eigenvalue weighted by molar-refractivity contribution is 7.99. The molecular formula is C26H33ClN2O2S. The van der Waals surface area contributed by atoms with Crippen molar-refractivity contribution in [2.24, 2.45) is 0 Å². The maximum Gasteiger partial charge on any atom is 0.242 e. The first-order valence-corrected chi connectivity index (χ1v) is 12.9. The van der Waals surface area contributed by atoms with Gasteiger partial charge in [0.2, 0.25) is 11.8 Å². The molecule has 0 radical (unpaired) electrons. The van der Waals surface area contributed by atoms with Gasteiger partial charge in [0.25, 0.3) is 0 Å². The van der Waals surface area contributed by atoms with Crippen LogP contribution in [0.25, 0.3) is 0 Å². The molecule has 1 atom stereocenters. The second-order valence-corrected chi connectivity index (χ2v) is 10.0. The number of aryl methyl sites for hydroxylation is 1. The van der Waals surface area contributed by atoms with Crippen molar-refractivity contribution >= 4 is 35.2 Å². The van der Waals surface area contributed by atoms with E-state index in [1.165, 1.54) is 17.5 Å². The van der Waals surface area contributed by atoms with Crippen LogP contribution in [0.3, 0.4) is 0 Å². The molecule has 4 nitrogen and oxygen atoms in total. The third-order valence-corrected chi connectivity index (χ3v) is 7.35. The topological polar surface area (TPSA) is 49.4 Å². The van der Waals surface area contributed by atoms with Crippen LogP contribution in [0.15, 0.2) is 48.5 Å². The van der Waals surface area contributed by atoms with Gasteiger partial charge >= 0.3 is 0 Å². The third kappa shape index (κ3) is 7.28. The van der Waals surface area contributed by atoms with Gasteiger partial charge in [-0.3, -0.25) is 9.59 Å². The minimum absolute atomic E-state index is 0.0473. The molecule has 2 amide bonds. The van der Waals surface area contributed by atoms with Crippen LogP contribution in [-0.4, -0.2) is 34.6 Å². The van der Waals surface area contributed by atoms with E-state index in [9.17, 15) is 9.59 Å². The number of thioether (sulfide) groups is 1. The zero-order valence-electron chi connectivity index (χ0n) is 19.0. The Morgan fingerprint density at radius 3 is 2.59 bits per heavy atom. The Balaban J connectivity index is 1.66. The summed E-state index contributed by atoms with van der Waals surface area (Å²) < 4.78 is 0. The number of hydrogen-bond donors (Lipinski definition) is 1. The minimum atomic E-state index is -0.555. The standard InChI is InChI=1S/C26H33ClN2O2S/c1-19-9-8-10-21(15-19)17-32-18-25(30)29(16-22-11-6-7-14-24(22)27)20(2)26(31)28-23-12-4-3-5-13-23/h6-11,14-15,20,23H,3-5,12-13,16-18H2,1-2H3,(H,28,31)/t20-/m1/s1. The van der Waals surface area contributed by atoms with Crippen LogP contribution >= 0.6 is 23.4 Å². The zero-order chi connectivity index (χ0) is 22.9. The van der Waals surface area contributed by atoms with Crippen LogP contribution < -0.4 is 5.32 Å². The maximum atomic E-state index is 13.2. The van der Waals surface area contributed by atoms with Crippen molar-refractivity contribution in [1.29, 1.82) is 0 Å². The summed E-state index contributed by atoms with van der Waals surface area (Å²) in [5, 5.41) is 3.78. The lowest BCUT2D eigenvalue weighted by Crippen LogP contribution is -2.50. The van der Waals surface area contributed by atoms with Gasteiger partial charge in [0, 0.05) is 23.4 Å². The zero-order valence-corrected chi connectivity index (χ0v) is 20.6. The van der Waals surface area contributed by atoms with E-state index in [1.54, 1.807) is 16.7 Å². The summed E-state index contributed by atoms with van der Waals surface area (Å²) in [4.78, 5) is 27.9. The summed E-state index contributed by atoms with van der Waals surface area (Å²) in [5.41, 5.74) is 3.26. The number of carbonyl (C=O) groups excluding carboxylic acids is 2. The predicted octanol–water partition coefficient (Wildman–Crippen LogP) is 5.75. The molecule has 1 saturated carbocycles. The second kappa shape index (κ2) is 12.3. The summed E-state index contributed by atoms with van der Waals surface area (Å²) in [6.45, 7) is 4.21. The molecule has 0 spiro atoms. The Labute approximate surface area is 201 Å². The van der Waals surface area contributed by atoms with Crippen molar-refractivity contribution in [2.45, 2.75) is 70.3 Å². The largest absolute Gasteiger partial charge is 0.352 e. The van der Waals surface area contributed by atoms with E-state index in [4.69, 9.17) is 11.6 Å². The fourth-order valence-corrected chi connectivity index (χ4v) is 5.16. The van der Waals surface area contributed by atoms with Crippen LogP contribution in [-0.2, 0) is 21.9 Å². The molecule has 0 aliphatic heterocycles. The first-order valence-electron chi connectivity index (χ1n) is 11.4. The minimum Gasteiger partial charge on any atom is -0.352 e. The van der Waals surface area contributed by atoms with E-state index in [-0.39, 0.29) is 17.9 Å². The van der Waals surface area contributed by atoms with Gasteiger partial charge < -0.3 is 10.2 Å². The second-order valence-electron chi connectivity index (χ2n) is 8.61. The van der Waals surface area contributed by atoms with Crippen molar-refractivity contribution in [3.63, 3.8) is 0 Å². The highest BCUT2D eigenvalue weighted by atomic mass is 35.5. The summed E-state index contributed by atoms with van der Waals surface area (Å²) >= 11 is 7.94. The highest BCUT2D eigenvalue weighted by Gasteiger charge is 2.28. The van der Waals surface area contributed by atoms with Gasteiger partial charge in [-0.15, -0.1) is 11.8 Å². The quantitative estimate of drug-likeness (QED) is 0.505. The summed E-state index contributed by atoms with van der Waals surface area (Å²) in [6, 6.07) is 15.5. The molecule has 172 valence electrons. The lowest BCUT2D eigenvalue weighted by Gasteiger charge is -2.31. The molecule has 0 heterocycles. The van der Waals surface area contributed by atoms with E-state index >= 15 is 0 Å². The smallest absolute Gasteiger partial charge is 0.242 e. The monoisotopic (exact) mass is 472 g/mol. The van der Waals surface area contributed by atoms with Gasteiger partial charge in [0.15, 0.2) is 0 Å². The van der Waals surface area contributed by atoms with E-state index in [1.807, 2.05) is 37.3 Å². The fourth-order valence-electron chi connectivity index (χ4n) is 4.10. The summed E-state index contributed by atoms with van der Waals surface area (Å²) in [7, 11) is 0. The predicted molar refractivity (Wildman–Crippen MR) is 134 cm³/mol. The SMILES string of the molecule is Cc1cccc(CSCC(=O)N(Cc2ccccc2Cl)[C@H](C)C(=O)NC2CCCCC2)c1. The molecule has 0 aromatic heterocycles. The van der Waals surface area contributed by atoms with Crippen LogP contribution in [0.4, 0.5) is 0 Å². The van der Waals surface area contributed by atoms with Crippen molar-refractivity contribution < 1.29 is 9.59 Å². The van der Waals surface area contributed by atoms with Gasteiger partial charge in [-0.2, -0.15) is 0 Å². The van der Waals surface area contributed by atoms with Gasteiger partial charge in [0.1, 0.15) is 6.04 Å². The van der Waals surface area contributed by atoms with Gasteiger partial charge in [-0.05, 0) is 43.9 Å². The Kier molecular flexibility index (Phi) is 9.49. The normalized spacial score (nSPS) is 15.2. The van der Waals surface area contributed by atoms with E-state index < -0.39 is 6.04 Å². The summed E-state index contributed by atoms with van der Waals surface area (Å²) in [6.07, 6.45) is 5.57. The van der Waals surface area contributed by atoms with E-state index in [0.29, 0.717) is 17.3 Å². The van der Waals surface area contributed by atoms with Crippen molar-refractivity contribution in [2.75, 3.05) is 5.75 Å². The van der Waals surface area contributed by atoms with Crippen molar-refractivity contribution in [3.8, 4) is 0 Å². The van der Waals surface area contributed by atoms with Crippen LogP contribution in [0.5, 0.6) is 0 Å². The van der Waals surface area contributed by atoms with E-state index in [2.05, 4.69) is 30.4 Å². The molecule has 3 rings (SSSR count). The molecule has 1 aliphatic rings. The first-order chi connectivity index (χ1) is 15.4. The molecule has 2 aromatic rings. The lowest BCUT2D eigenvalue weighted by molar-refractivity contribution is -0.139. The molecule has 0 unspecified atom stereocenters. The number of nitrogens with one attached hydrogen (secondary N) is 1. The molecular weight excluding hydrogens is 440 g/mol. The molecule has 0 saturated heterocycles. The average Bonchev–Trinajstić information content (AvgIpc) is 2.78. The van der Waals surface area contributed by atoms with Gasteiger partial charge in [-0.1, -0.05) is 78.9 Å². The number of carbonyl (C=O) groups is 2. The summed E-state index contributed by atoms with van der Waals surface area (Å²) in [5.74, 6) is 0.949. The first kappa shape index (κ1) is 24.7. The van der Waals surface area contributed by atoms with Crippen LogP contribution in [0.1, 0.15) is 55.7 Å². The fraction of sp³-hybridized carbons (Fsp3) is 0.462. The molecule has 1 N–H and O–H groups in total. The number of amides is 2. The number of rotatable bonds is 9. The lowest BCUT2D eigenvalue weighted by atomic mass is 9.95. The molecule has 1 aliphatic carbocycles. The van der Waals surface area contributed by atoms with Crippen LogP contribution in [0, 0.1) is 6.92 Å². The number of hydrogen-bond acceptors (Lipinski definition) is 3. The number of halogens is 1. The third-order valence-electron chi connectivity index (χ3n) is 5.99. The molecule has 0 bridgehead atoms. The number of nitrogens with zero attached hydrogens (tertiary/aromatic N) is 1. The Morgan fingerprint density at radius 1 is 1.12 bits per heavy atom. The number of benzene rings is 2. The molecule has 32 heavy (non-hydrogen) atoms. The van der Waals surface area contributed by atoms with Crippen molar-refractivity contribution in [1.82, 2.24) is 10.2 Å². The van der Waals surface area contributed by atoms with Gasteiger partial charge in [-0.25, -0.2) is 0 Å². The molecule has 2 aromatic carbocycles. The molecule has 6 heteroatoms. The van der Waals surface area contributed by atoms with Gasteiger partial charge in [0.05, 0.1) is 5.75 Å². The maximum absolute atomic E-state index is 13.2. The Hall–Kier alpha value is -1.98. The van der Waals surface area contributed by atoms with Crippen molar-refractivity contribution in [3.05, 3.63) is 70.2 Å².